The topological polar surface area (TPSA) is 49.3 Å². The van der Waals surface area contributed by atoms with Gasteiger partial charge in [0.05, 0.1) is 0 Å². The number of halogens is 1. The van der Waals surface area contributed by atoms with E-state index in [9.17, 15) is 14.3 Å². The van der Waals surface area contributed by atoms with Crippen LogP contribution in [0.25, 0.3) is 0 Å². The SMILES string of the molecule is O=C(NC1CCCCCC1CO)c1cccc(F)c1. The summed E-state index contributed by atoms with van der Waals surface area (Å²) in [7, 11) is 0. The predicted molar refractivity (Wildman–Crippen MR) is 71.3 cm³/mol. The molecule has 0 saturated heterocycles. The summed E-state index contributed by atoms with van der Waals surface area (Å²) in [6.07, 6.45) is 5.11. The molecule has 0 bridgehead atoms. The van der Waals surface area contributed by atoms with E-state index < -0.39 is 5.82 Å². The molecule has 0 spiro atoms. The van der Waals surface area contributed by atoms with Crippen LogP contribution in [0.5, 0.6) is 0 Å². The van der Waals surface area contributed by atoms with Crippen molar-refractivity contribution in [3.05, 3.63) is 35.6 Å². The second-order valence-corrected chi connectivity index (χ2v) is 5.17. The fraction of sp³-hybridized carbons (Fsp3) is 0.533. The highest BCUT2D eigenvalue weighted by Gasteiger charge is 2.24. The van der Waals surface area contributed by atoms with Crippen LogP contribution in [0.15, 0.2) is 24.3 Å². The summed E-state index contributed by atoms with van der Waals surface area (Å²) in [5, 5.41) is 12.3. The summed E-state index contributed by atoms with van der Waals surface area (Å²) < 4.78 is 13.1. The van der Waals surface area contributed by atoms with Crippen LogP contribution in [0, 0.1) is 11.7 Å². The quantitative estimate of drug-likeness (QED) is 0.825. The van der Waals surface area contributed by atoms with E-state index in [1.54, 1.807) is 6.07 Å². The van der Waals surface area contributed by atoms with E-state index in [2.05, 4.69) is 5.32 Å². The van der Waals surface area contributed by atoms with Crippen LogP contribution < -0.4 is 5.32 Å². The van der Waals surface area contributed by atoms with Crippen molar-refractivity contribution in [2.75, 3.05) is 6.61 Å². The Morgan fingerprint density at radius 2 is 2.11 bits per heavy atom. The zero-order chi connectivity index (χ0) is 13.7. The van der Waals surface area contributed by atoms with Crippen molar-refractivity contribution in [3.63, 3.8) is 0 Å². The highest BCUT2D eigenvalue weighted by molar-refractivity contribution is 5.94. The molecule has 2 atom stereocenters. The molecule has 0 aromatic heterocycles. The predicted octanol–water partition coefficient (Wildman–Crippen LogP) is 2.50. The van der Waals surface area contributed by atoms with Crippen LogP contribution >= 0.6 is 0 Å². The molecule has 0 heterocycles. The molecule has 104 valence electrons. The van der Waals surface area contributed by atoms with Gasteiger partial charge in [0.2, 0.25) is 0 Å². The van der Waals surface area contributed by atoms with Crippen LogP contribution in [-0.4, -0.2) is 23.7 Å². The number of rotatable bonds is 3. The molecule has 1 fully saturated rings. The van der Waals surface area contributed by atoms with Gasteiger partial charge in [-0.3, -0.25) is 4.79 Å². The molecule has 1 saturated carbocycles. The van der Waals surface area contributed by atoms with Crippen LogP contribution in [-0.2, 0) is 0 Å². The molecular weight excluding hydrogens is 245 g/mol. The van der Waals surface area contributed by atoms with Crippen molar-refractivity contribution in [3.8, 4) is 0 Å². The minimum absolute atomic E-state index is 0.0109. The van der Waals surface area contributed by atoms with Crippen molar-refractivity contribution in [1.82, 2.24) is 5.32 Å². The summed E-state index contributed by atoms with van der Waals surface area (Å²) in [6, 6.07) is 5.67. The molecule has 2 unspecified atom stereocenters. The van der Waals surface area contributed by atoms with Crippen LogP contribution in [0.1, 0.15) is 42.5 Å². The van der Waals surface area contributed by atoms with Gasteiger partial charge >= 0.3 is 0 Å². The van der Waals surface area contributed by atoms with Gasteiger partial charge in [0.1, 0.15) is 5.82 Å². The van der Waals surface area contributed by atoms with Crippen LogP contribution in [0.3, 0.4) is 0 Å². The fourth-order valence-electron chi connectivity index (χ4n) is 2.67. The van der Waals surface area contributed by atoms with E-state index in [4.69, 9.17) is 0 Å². The second kappa shape index (κ2) is 6.66. The first-order valence-corrected chi connectivity index (χ1v) is 6.88. The Kier molecular flexibility index (Phi) is 4.91. The van der Waals surface area contributed by atoms with Crippen LogP contribution in [0.2, 0.25) is 0 Å². The first-order chi connectivity index (χ1) is 9.20. The number of benzene rings is 1. The third-order valence-electron chi connectivity index (χ3n) is 3.80. The molecule has 4 heteroatoms. The summed E-state index contributed by atoms with van der Waals surface area (Å²) in [4.78, 5) is 12.1. The van der Waals surface area contributed by atoms with Gasteiger partial charge in [-0.1, -0.05) is 25.3 Å². The maximum atomic E-state index is 13.1. The third-order valence-corrected chi connectivity index (χ3v) is 3.80. The van der Waals surface area contributed by atoms with E-state index in [-0.39, 0.29) is 24.5 Å². The normalized spacial score (nSPS) is 23.7. The number of nitrogens with one attached hydrogen (secondary N) is 1. The van der Waals surface area contributed by atoms with Crippen molar-refractivity contribution < 1.29 is 14.3 Å². The van der Waals surface area contributed by atoms with Gasteiger partial charge in [-0.25, -0.2) is 4.39 Å². The summed E-state index contributed by atoms with van der Waals surface area (Å²) in [5.41, 5.74) is 0.334. The molecule has 1 aliphatic rings. The molecule has 1 aromatic carbocycles. The molecule has 0 radical (unpaired) electrons. The Morgan fingerprint density at radius 3 is 2.84 bits per heavy atom. The van der Waals surface area contributed by atoms with Gasteiger partial charge < -0.3 is 10.4 Å². The number of carbonyl (C=O) groups is 1. The van der Waals surface area contributed by atoms with E-state index in [0.29, 0.717) is 5.56 Å². The van der Waals surface area contributed by atoms with E-state index in [1.165, 1.54) is 18.2 Å². The van der Waals surface area contributed by atoms with Gasteiger partial charge in [-0.2, -0.15) is 0 Å². The number of carbonyl (C=O) groups excluding carboxylic acids is 1. The average Bonchev–Trinajstić information content (AvgIpc) is 2.63. The zero-order valence-electron chi connectivity index (χ0n) is 10.9. The maximum absolute atomic E-state index is 13.1. The fourth-order valence-corrected chi connectivity index (χ4v) is 2.67. The summed E-state index contributed by atoms with van der Waals surface area (Å²) >= 11 is 0. The minimum Gasteiger partial charge on any atom is -0.396 e. The standard InChI is InChI=1S/C15H20FNO2/c16-13-7-4-6-11(9-13)15(19)17-14-8-3-1-2-5-12(14)10-18/h4,6-7,9,12,14,18H,1-3,5,8,10H2,(H,17,19). The van der Waals surface area contributed by atoms with E-state index in [0.717, 1.165) is 32.1 Å². The van der Waals surface area contributed by atoms with Crippen molar-refractivity contribution >= 4 is 5.91 Å². The lowest BCUT2D eigenvalue weighted by Gasteiger charge is -2.24. The molecule has 0 aliphatic heterocycles. The Bertz CT molecular complexity index is 436. The van der Waals surface area contributed by atoms with Crippen molar-refractivity contribution in [2.45, 2.75) is 38.1 Å². The zero-order valence-corrected chi connectivity index (χ0v) is 10.9. The Balaban J connectivity index is 2.04. The second-order valence-electron chi connectivity index (χ2n) is 5.17. The summed E-state index contributed by atoms with van der Waals surface area (Å²) in [5.74, 6) is -0.558. The number of amides is 1. The number of aliphatic hydroxyl groups is 1. The first kappa shape index (κ1) is 14.0. The van der Waals surface area contributed by atoms with Crippen molar-refractivity contribution in [2.24, 2.45) is 5.92 Å². The lowest BCUT2D eigenvalue weighted by molar-refractivity contribution is 0.0899. The highest BCUT2D eigenvalue weighted by atomic mass is 19.1. The number of hydrogen-bond acceptors (Lipinski definition) is 2. The molecule has 2 N–H and O–H groups in total. The van der Waals surface area contributed by atoms with Gasteiger partial charge in [0, 0.05) is 24.1 Å². The van der Waals surface area contributed by atoms with Gasteiger partial charge in [0.25, 0.3) is 5.91 Å². The highest BCUT2D eigenvalue weighted by Crippen LogP contribution is 2.23. The molecular formula is C15H20FNO2. The first-order valence-electron chi connectivity index (χ1n) is 6.88. The molecule has 2 rings (SSSR count). The smallest absolute Gasteiger partial charge is 0.251 e. The molecule has 1 aromatic rings. The minimum atomic E-state index is -0.410. The van der Waals surface area contributed by atoms with Gasteiger partial charge in [0.15, 0.2) is 0 Å². The number of aliphatic hydroxyl groups excluding tert-OH is 1. The summed E-state index contributed by atoms with van der Waals surface area (Å²) in [6.45, 7) is 0.0914. The monoisotopic (exact) mass is 265 g/mol. The molecule has 1 amide bonds. The molecule has 19 heavy (non-hydrogen) atoms. The lowest BCUT2D eigenvalue weighted by atomic mass is 9.95. The molecule has 1 aliphatic carbocycles. The Morgan fingerprint density at radius 1 is 1.32 bits per heavy atom. The van der Waals surface area contributed by atoms with E-state index in [1.807, 2.05) is 0 Å². The van der Waals surface area contributed by atoms with Gasteiger partial charge in [-0.05, 0) is 31.0 Å². The molecule has 3 nitrogen and oxygen atoms in total. The van der Waals surface area contributed by atoms with Crippen LogP contribution in [0.4, 0.5) is 4.39 Å². The Hall–Kier alpha value is -1.42. The van der Waals surface area contributed by atoms with Crippen molar-refractivity contribution in [1.29, 1.82) is 0 Å². The van der Waals surface area contributed by atoms with Gasteiger partial charge in [-0.15, -0.1) is 0 Å². The third kappa shape index (κ3) is 3.77. The lowest BCUT2D eigenvalue weighted by Crippen LogP contribution is -2.41. The number of hydrogen-bond donors (Lipinski definition) is 2. The Labute approximate surface area is 112 Å². The average molecular weight is 265 g/mol. The maximum Gasteiger partial charge on any atom is 0.251 e. The van der Waals surface area contributed by atoms with E-state index >= 15 is 0 Å². The largest absolute Gasteiger partial charge is 0.396 e.